The minimum absolute atomic E-state index is 0.0768. The van der Waals surface area contributed by atoms with Crippen LogP contribution in [0.3, 0.4) is 0 Å². The summed E-state index contributed by atoms with van der Waals surface area (Å²) in [6, 6.07) is 5.29. The SMILES string of the molecule is CCc1cnc(N2CCC(COc3ccc(C4=CCC(C(=O)N5CCCC5)CC4)cc3F)CC2)nc1. The number of amides is 1. The summed E-state index contributed by atoms with van der Waals surface area (Å²) in [5, 5.41) is 0. The van der Waals surface area contributed by atoms with Crippen LogP contribution < -0.4 is 9.64 Å². The van der Waals surface area contributed by atoms with Crippen LogP contribution in [0.4, 0.5) is 10.3 Å². The van der Waals surface area contributed by atoms with Crippen LogP contribution in [0.2, 0.25) is 0 Å². The van der Waals surface area contributed by atoms with Gasteiger partial charge in [0.05, 0.1) is 6.61 Å². The lowest BCUT2D eigenvalue weighted by Gasteiger charge is -2.31. The smallest absolute Gasteiger partial charge is 0.226 e. The number of aromatic nitrogens is 2. The Hall–Kier alpha value is -2.96. The van der Waals surface area contributed by atoms with Crippen molar-refractivity contribution in [3.05, 3.63) is 53.6 Å². The van der Waals surface area contributed by atoms with E-state index < -0.39 is 0 Å². The summed E-state index contributed by atoms with van der Waals surface area (Å²) in [4.78, 5) is 25.9. The van der Waals surface area contributed by atoms with Crippen LogP contribution in [0.1, 0.15) is 63.0 Å². The zero-order valence-electron chi connectivity index (χ0n) is 21.3. The number of carbonyl (C=O) groups is 1. The van der Waals surface area contributed by atoms with E-state index in [1.54, 1.807) is 12.1 Å². The van der Waals surface area contributed by atoms with Crippen molar-refractivity contribution in [3.63, 3.8) is 0 Å². The Balaban J connectivity index is 1.10. The Morgan fingerprint density at radius 1 is 1.08 bits per heavy atom. The number of halogens is 1. The molecule has 2 saturated heterocycles. The van der Waals surface area contributed by atoms with E-state index in [-0.39, 0.29) is 11.7 Å². The maximum atomic E-state index is 14.9. The largest absolute Gasteiger partial charge is 0.490 e. The average molecular weight is 493 g/mol. The number of ether oxygens (including phenoxy) is 1. The van der Waals surface area contributed by atoms with Crippen molar-refractivity contribution in [1.29, 1.82) is 0 Å². The highest BCUT2D eigenvalue weighted by molar-refractivity contribution is 5.81. The number of hydrogen-bond donors (Lipinski definition) is 0. The van der Waals surface area contributed by atoms with E-state index in [4.69, 9.17) is 4.74 Å². The Labute approximate surface area is 213 Å². The standard InChI is InChI=1S/C29H37FN4O2/c1-2-21-18-31-29(32-19-21)34-15-11-22(12-16-34)20-36-27-10-9-25(17-26(27)30)23-5-7-24(8-6-23)28(35)33-13-3-4-14-33/h5,9-10,17-19,22,24H,2-4,6-8,11-16,20H2,1H3. The summed E-state index contributed by atoms with van der Waals surface area (Å²) in [5.41, 5.74) is 3.17. The molecule has 1 unspecified atom stereocenters. The van der Waals surface area contributed by atoms with Gasteiger partial charge >= 0.3 is 0 Å². The number of aryl methyl sites for hydroxylation is 1. The second-order valence-corrected chi connectivity index (χ2v) is 10.4. The van der Waals surface area contributed by atoms with E-state index in [0.717, 1.165) is 100 Å². The summed E-state index contributed by atoms with van der Waals surface area (Å²) in [6.07, 6.45) is 13.5. The quantitative estimate of drug-likeness (QED) is 0.526. The molecule has 1 atom stereocenters. The predicted molar refractivity (Wildman–Crippen MR) is 139 cm³/mol. The molecule has 2 aliphatic heterocycles. The minimum Gasteiger partial charge on any atom is -0.490 e. The number of allylic oxidation sites excluding steroid dienone is 2. The Kier molecular flexibility index (Phi) is 7.83. The first kappa shape index (κ1) is 24.7. The molecule has 0 spiro atoms. The molecule has 0 radical (unpaired) electrons. The maximum Gasteiger partial charge on any atom is 0.226 e. The molecule has 36 heavy (non-hydrogen) atoms. The number of benzene rings is 1. The van der Waals surface area contributed by atoms with E-state index in [1.165, 1.54) is 0 Å². The highest BCUT2D eigenvalue weighted by Gasteiger charge is 2.28. The predicted octanol–water partition coefficient (Wildman–Crippen LogP) is 5.28. The van der Waals surface area contributed by atoms with Crippen molar-refractivity contribution in [3.8, 4) is 5.75 Å². The van der Waals surface area contributed by atoms with Gasteiger partial charge in [0, 0.05) is 44.5 Å². The Morgan fingerprint density at radius 2 is 1.83 bits per heavy atom. The molecular weight excluding hydrogens is 455 g/mol. The van der Waals surface area contributed by atoms with Gasteiger partial charge in [0.25, 0.3) is 0 Å². The van der Waals surface area contributed by atoms with Crippen molar-refractivity contribution in [1.82, 2.24) is 14.9 Å². The summed E-state index contributed by atoms with van der Waals surface area (Å²) >= 11 is 0. The van der Waals surface area contributed by atoms with Crippen LogP contribution in [0.15, 0.2) is 36.7 Å². The molecular formula is C29H37FN4O2. The summed E-state index contributed by atoms with van der Waals surface area (Å²) in [6.45, 7) is 6.19. The Morgan fingerprint density at radius 3 is 2.47 bits per heavy atom. The van der Waals surface area contributed by atoms with E-state index >= 15 is 0 Å². The number of piperidine rings is 1. The fourth-order valence-electron chi connectivity index (χ4n) is 5.54. The van der Waals surface area contributed by atoms with E-state index in [9.17, 15) is 9.18 Å². The second kappa shape index (κ2) is 11.4. The lowest BCUT2D eigenvalue weighted by Crippen LogP contribution is -2.36. The molecule has 1 aromatic carbocycles. The van der Waals surface area contributed by atoms with Crippen molar-refractivity contribution < 1.29 is 13.9 Å². The van der Waals surface area contributed by atoms with E-state index in [0.29, 0.717) is 24.2 Å². The highest BCUT2D eigenvalue weighted by atomic mass is 19.1. The van der Waals surface area contributed by atoms with Crippen molar-refractivity contribution >= 4 is 17.4 Å². The fourth-order valence-corrected chi connectivity index (χ4v) is 5.54. The van der Waals surface area contributed by atoms with Gasteiger partial charge in [-0.2, -0.15) is 0 Å². The molecule has 2 aromatic rings. The third kappa shape index (κ3) is 5.71. The Bertz CT molecular complexity index is 1070. The monoisotopic (exact) mass is 492 g/mol. The van der Waals surface area contributed by atoms with Crippen LogP contribution in [0.5, 0.6) is 5.75 Å². The van der Waals surface area contributed by atoms with Gasteiger partial charge in [-0.25, -0.2) is 14.4 Å². The molecule has 2 fully saturated rings. The number of carbonyl (C=O) groups excluding carboxylic acids is 1. The third-order valence-corrected chi connectivity index (χ3v) is 7.95. The van der Waals surface area contributed by atoms with Crippen LogP contribution >= 0.6 is 0 Å². The summed E-state index contributed by atoms with van der Waals surface area (Å²) in [7, 11) is 0. The number of rotatable bonds is 7. The summed E-state index contributed by atoms with van der Waals surface area (Å²) in [5.74, 6) is 1.56. The van der Waals surface area contributed by atoms with Crippen molar-refractivity contribution in [2.45, 2.75) is 58.3 Å². The van der Waals surface area contributed by atoms with Gasteiger partial charge in [-0.3, -0.25) is 4.79 Å². The first-order valence-electron chi connectivity index (χ1n) is 13.6. The molecule has 0 bridgehead atoms. The molecule has 1 amide bonds. The van der Waals surface area contributed by atoms with Gasteiger partial charge in [0.1, 0.15) is 0 Å². The first-order chi connectivity index (χ1) is 17.6. The number of hydrogen-bond acceptors (Lipinski definition) is 5. The second-order valence-electron chi connectivity index (χ2n) is 10.4. The molecule has 6 nitrogen and oxygen atoms in total. The molecule has 7 heteroatoms. The number of anilines is 1. The van der Waals surface area contributed by atoms with Gasteiger partial charge in [-0.1, -0.05) is 19.1 Å². The van der Waals surface area contributed by atoms with Crippen molar-refractivity contribution in [2.75, 3.05) is 37.7 Å². The molecule has 1 aromatic heterocycles. The molecule has 1 aliphatic carbocycles. The van der Waals surface area contributed by atoms with Gasteiger partial charge in [0.2, 0.25) is 11.9 Å². The lowest BCUT2D eigenvalue weighted by molar-refractivity contribution is -0.134. The number of nitrogens with zero attached hydrogens (tertiary/aromatic N) is 4. The van der Waals surface area contributed by atoms with E-state index in [2.05, 4.69) is 27.9 Å². The van der Waals surface area contributed by atoms with Crippen LogP contribution in [-0.4, -0.2) is 53.6 Å². The molecule has 3 aliphatic rings. The third-order valence-electron chi connectivity index (χ3n) is 7.95. The van der Waals surface area contributed by atoms with Crippen molar-refractivity contribution in [2.24, 2.45) is 11.8 Å². The molecule has 5 rings (SSSR count). The lowest BCUT2D eigenvalue weighted by atomic mass is 9.86. The number of likely N-dealkylation sites (tertiary alicyclic amines) is 1. The minimum atomic E-state index is -0.314. The van der Waals surface area contributed by atoms with Gasteiger partial charge in [-0.15, -0.1) is 0 Å². The molecule has 0 N–H and O–H groups in total. The average Bonchev–Trinajstić information content (AvgIpc) is 3.48. The molecule has 0 saturated carbocycles. The van der Waals surface area contributed by atoms with Crippen LogP contribution in [0.25, 0.3) is 5.57 Å². The maximum absolute atomic E-state index is 14.9. The highest BCUT2D eigenvalue weighted by Crippen LogP contribution is 2.33. The van der Waals surface area contributed by atoms with E-state index in [1.807, 2.05) is 23.4 Å². The fraction of sp³-hybridized carbons (Fsp3) is 0.552. The van der Waals surface area contributed by atoms with Gasteiger partial charge in [-0.05, 0) is 86.1 Å². The zero-order valence-corrected chi connectivity index (χ0v) is 21.3. The summed E-state index contributed by atoms with van der Waals surface area (Å²) < 4.78 is 20.8. The first-order valence-corrected chi connectivity index (χ1v) is 13.6. The molecule has 3 heterocycles. The van der Waals surface area contributed by atoms with Gasteiger partial charge in [0.15, 0.2) is 11.6 Å². The zero-order chi connectivity index (χ0) is 24.9. The normalized spacial score (nSPS) is 20.9. The molecule has 192 valence electrons. The topological polar surface area (TPSA) is 58.6 Å². The van der Waals surface area contributed by atoms with Crippen LogP contribution in [-0.2, 0) is 11.2 Å². The van der Waals surface area contributed by atoms with Crippen LogP contribution in [0, 0.1) is 17.7 Å². The van der Waals surface area contributed by atoms with Gasteiger partial charge < -0.3 is 14.5 Å².